The number of nitrogens with zero attached hydrogens (tertiary/aromatic N) is 4. The molecule has 2 aromatic rings. The zero-order valence-electron chi connectivity index (χ0n) is 10.8. The minimum Gasteiger partial charge on any atom is -0.303 e. The van der Waals surface area contributed by atoms with Crippen molar-refractivity contribution in [3.8, 4) is 0 Å². The Morgan fingerprint density at radius 3 is 2.79 bits per heavy atom. The van der Waals surface area contributed by atoms with E-state index in [2.05, 4.69) is 27.8 Å². The predicted octanol–water partition coefficient (Wildman–Crippen LogP) is 2.51. The van der Waals surface area contributed by atoms with Crippen LogP contribution in [0.4, 0.5) is 0 Å². The van der Waals surface area contributed by atoms with Crippen LogP contribution >= 0.6 is 11.6 Å². The molecular formula is C13H16ClN5. The summed E-state index contributed by atoms with van der Waals surface area (Å²) < 4.78 is 1.93. The SMILES string of the molecule is CC(NCc1nnnn1C1CC1)c1ccc(Cl)cc1. The van der Waals surface area contributed by atoms with Crippen molar-refractivity contribution >= 4 is 11.6 Å². The van der Waals surface area contributed by atoms with E-state index in [1.807, 2.05) is 28.9 Å². The molecule has 100 valence electrons. The third-order valence-electron chi connectivity index (χ3n) is 3.39. The first-order valence-corrected chi connectivity index (χ1v) is 6.87. The standard InChI is InChI=1S/C13H16ClN5/c1-9(10-2-4-11(14)5-3-10)15-8-13-16-17-18-19(13)12-6-7-12/h2-5,9,12,15H,6-8H2,1H3. The van der Waals surface area contributed by atoms with E-state index >= 15 is 0 Å². The fraction of sp³-hybridized carbons (Fsp3) is 0.462. The number of hydrogen-bond acceptors (Lipinski definition) is 4. The van der Waals surface area contributed by atoms with Crippen LogP contribution in [0.15, 0.2) is 24.3 Å². The summed E-state index contributed by atoms with van der Waals surface area (Å²) in [6.45, 7) is 2.79. The first-order valence-electron chi connectivity index (χ1n) is 6.49. The van der Waals surface area contributed by atoms with Gasteiger partial charge in [0.25, 0.3) is 0 Å². The van der Waals surface area contributed by atoms with Gasteiger partial charge in [0.1, 0.15) is 0 Å². The largest absolute Gasteiger partial charge is 0.303 e. The average Bonchev–Trinajstić information content (AvgIpc) is 3.16. The maximum atomic E-state index is 5.89. The van der Waals surface area contributed by atoms with Crippen molar-refractivity contribution < 1.29 is 0 Å². The smallest absolute Gasteiger partial charge is 0.165 e. The topological polar surface area (TPSA) is 55.6 Å². The van der Waals surface area contributed by atoms with Gasteiger partial charge in [-0.15, -0.1) is 5.10 Å². The molecule has 6 heteroatoms. The zero-order chi connectivity index (χ0) is 13.2. The highest BCUT2D eigenvalue weighted by Crippen LogP contribution is 2.34. The van der Waals surface area contributed by atoms with Crippen LogP contribution < -0.4 is 5.32 Å². The van der Waals surface area contributed by atoms with E-state index in [1.54, 1.807) is 0 Å². The van der Waals surface area contributed by atoms with Gasteiger partial charge in [0.2, 0.25) is 0 Å². The summed E-state index contributed by atoms with van der Waals surface area (Å²) >= 11 is 5.89. The highest BCUT2D eigenvalue weighted by atomic mass is 35.5. The molecule has 3 rings (SSSR count). The van der Waals surface area contributed by atoms with E-state index in [9.17, 15) is 0 Å². The van der Waals surface area contributed by atoms with Gasteiger partial charge in [-0.3, -0.25) is 0 Å². The van der Waals surface area contributed by atoms with Crippen LogP contribution in [0.3, 0.4) is 0 Å². The van der Waals surface area contributed by atoms with E-state index in [4.69, 9.17) is 11.6 Å². The van der Waals surface area contributed by atoms with Crippen LogP contribution in [0.1, 0.15) is 43.2 Å². The molecule has 0 bridgehead atoms. The van der Waals surface area contributed by atoms with Crippen LogP contribution in [0, 0.1) is 0 Å². The Hall–Kier alpha value is -1.46. The van der Waals surface area contributed by atoms with Crippen molar-refractivity contribution in [1.82, 2.24) is 25.5 Å². The zero-order valence-corrected chi connectivity index (χ0v) is 11.5. The normalized spacial score (nSPS) is 16.5. The molecule has 1 aliphatic rings. The molecule has 0 spiro atoms. The molecule has 0 radical (unpaired) electrons. The molecule has 19 heavy (non-hydrogen) atoms. The molecule has 1 heterocycles. The van der Waals surface area contributed by atoms with Crippen molar-refractivity contribution in [2.75, 3.05) is 0 Å². The van der Waals surface area contributed by atoms with Crippen LogP contribution in [-0.2, 0) is 6.54 Å². The van der Waals surface area contributed by atoms with Crippen LogP contribution in [0.5, 0.6) is 0 Å². The molecular weight excluding hydrogens is 262 g/mol. The summed E-state index contributed by atoms with van der Waals surface area (Å²) in [5, 5.41) is 16.1. The minimum atomic E-state index is 0.238. The third kappa shape index (κ3) is 2.93. The Morgan fingerprint density at radius 2 is 2.11 bits per heavy atom. The van der Waals surface area contributed by atoms with Crippen LogP contribution in [-0.4, -0.2) is 20.2 Å². The van der Waals surface area contributed by atoms with Gasteiger partial charge in [0.05, 0.1) is 12.6 Å². The lowest BCUT2D eigenvalue weighted by atomic mass is 10.1. The van der Waals surface area contributed by atoms with Gasteiger partial charge in [-0.2, -0.15) is 0 Å². The first kappa shape index (κ1) is 12.6. The van der Waals surface area contributed by atoms with Gasteiger partial charge >= 0.3 is 0 Å². The number of benzene rings is 1. The number of hydrogen-bond donors (Lipinski definition) is 1. The lowest BCUT2D eigenvalue weighted by Crippen LogP contribution is -2.20. The molecule has 0 amide bonds. The van der Waals surface area contributed by atoms with Crippen molar-refractivity contribution in [2.24, 2.45) is 0 Å². The molecule has 5 nitrogen and oxygen atoms in total. The molecule has 1 aliphatic carbocycles. The Balaban J connectivity index is 1.62. The fourth-order valence-electron chi connectivity index (χ4n) is 2.05. The monoisotopic (exact) mass is 277 g/mol. The lowest BCUT2D eigenvalue weighted by Gasteiger charge is -2.14. The van der Waals surface area contributed by atoms with Crippen LogP contribution in [0.2, 0.25) is 5.02 Å². The first-order chi connectivity index (χ1) is 9.24. The summed E-state index contributed by atoms with van der Waals surface area (Å²) in [5.41, 5.74) is 1.20. The third-order valence-corrected chi connectivity index (χ3v) is 3.64. The second-order valence-electron chi connectivity index (χ2n) is 4.92. The van der Waals surface area contributed by atoms with Gasteiger partial charge in [0, 0.05) is 11.1 Å². The molecule has 1 unspecified atom stereocenters. The highest BCUT2D eigenvalue weighted by molar-refractivity contribution is 6.30. The second-order valence-corrected chi connectivity index (χ2v) is 5.36. The summed E-state index contributed by atoms with van der Waals surface area (Å²) in [5.74, 6) is 0.906. The van der Waals surface area contributed by atoms with Gasteiger partial charge in [0.15, 0.2) is 5.82 Å². The highest BCUT2D eigenvalue weighted by Gasteiger charge is 2.27. The summed E-state index contributed by atoms with van der Waals surface area (Å²) in [6, 6.07) is 8.62. The Kier molecular flexibility index (Phi) is 3.48. The van der Waals surface area contributed by atoms with Gasteiger partial charge < -0.3 is 5.32 Å². The van der Waals surface area contributed by atoms with Crippen molar-refractivity contribution in [3.05, 3.63) is 40.7 Å². The molecule has 1 aromatic heterocycles. The minimum absolute atomic E-state index is 0.238. The number of halogens is 1. The molecule has 1 aromatic carbocycles. The maximum absolute atomic E-state index is 5.89. The quantitative estimate of drug-likeness (QED) is 0.912. The second kappa shape index (κ2) is 5.27. The number of nitrogens with one attached hydrogen (secondary N) is 1. The molecule has 1 atom stereocenters. The maximum Gasteiger partial charge on any atom is 0.165 e. The molecule has 0 saturated heterocycles. The molecule has 1 saturated carbocycles. The van der Waals surface area contributed by atoms with Gasteiger partial charge in [-0.05, 0) is 47.9 Å². The lowest BCUT2D eigenvalue weighted by molar-refractivity contribution is 0.516. The number of rotatable bonds is 5. The van der Waals surface area contributed by atoms with E-state index in [0.717, 1.165) is 10.8 Å². The van der Waals surface area contributed by atoms with Crippen LogP contribution in [0.25, 0.3) is 0 Å². The average molecular weight is 278 g/mol. The van der Waals surface area contributed by atoms with Crippen molar-refractivity contribution in [1.29, 1.82) is 0 Å². The summed E-state index contributed by atoms with van der Waals surface area (Å²) in [4.78, 5) is 0. The number of tetrazole rings is 1. The Morgan fingerprint density at radius 1 is 1.37 bits per heavy atom. The fourth-order valence-corrected chi connectivity index (χ4v) is 2.17. The van der Waals surface area contributed by atoms with Crippen molar-refractivity contribution in [2.45, 2.75) is 38.4 Å². The number of aromatic nitrogens is 4. The predicted molar refractivity (Wildman–Crippen MR) is 72.8 cm³/mol. The Bertz CT molecular complexity index is 546. The Labute approximate surface area is 117 Å². The summed E-state index contributed by atoms with van der Waals surface area (Å²) in [7, 11) is 0. The van der Waals surface area contributed by atoms with Gasteiger partial charge in [-0.25, -0.2) is 4.68 Å². The van der Waals surface area contributed by atoms with E-state index in [1.165, 1.54) is 18.4 Å². The summed E-state index contributed by atoms with van der Waals surface area (Å²) in [6.07, 6.45) is 2.37. The van der Waals surface area contributed by atoms with Crippen molar-refractivity contribution in [3.63, 3.8) is 0 Å². The molecule has 0 aliphatic heterocycles. The van der Waals surface area contributed by atoms with E-state index in [-0.39, 0.29) is 6.04 Å². The molecule has 1 fully saturated rings. The van der Waals surface area contributed by atoms with E-state index < -0.39 is 0 Å². The van der Waals surface area contributed by atoms with Gasteiger partial charge in [-0.1, -0.05) is 23.7 Å². The van der Waals surface area contributed by atoms with E-state index in [0.29, 0.717) is 12.6 Å². The molecule has 1 N–H and O–H groups in total.